The molecule has 0 spiro atoms. The molecule has 0 saturated carbocycles. The van der Waals surface area contributed by atoms with Crippen LogP contribution >= 0.6 is 46.2 Å². The van der Waals surface area contributed by atoms with Crippen molar-refractivity contribution < 1.29 is 9.18 Å². The Morgan fingerprint density at radius 3 is 2.64 bits per heavy atom. The van der Waals surface area contributed by atoms with Crippen LogP contribution < -0.4 is 5.32 Å². The fourth-order valence-electron chi connectivity index (χ4n) is 1.82. The van der Waals surface area contributed by atoms with E-state index in [2.05, 4.69) is 20.5 Å². The maximum Gasteiger partial charge on any atom is 0.239 e. The predicted molar refractivity (Wildman–Crippen MR) is 103 cm³/mol. The monoisotopic (exact) mass is 412 g/mol. The zero-order valence-electron chi connectivity index (χ0n) is 13.2. The van der Waals surface area contributed by atoms with Crippen molar-refractivity contribution in [3.05, 3.63) is 35.5 Å². The topological polar surface area (TPSA) is 67.8 Å². The van der Waals surface area contributed by atoms with Crippen LogP contribution in [-0.2, 0) is 4.79 Å². The van der Waals surface area contributed by atoms with Gasteiger partial charge in [-0.15, -0.1) is 21.5 Å². The first kappa shape index (κ1) is 18.3. The number of anilines is 1. The number of nitrogens with zero attached hydrogens (tertiary/aromatic N) is 3. The summed E-state index contributed by atoms with van der Waals surface area (Å²) in [6.07, 6.45) is 1.94. The van der Waals surface area contributed by atoms with Gasteiger partial charge in [0.15, 0.2) is 13.8 Å². The Bertz CT molecular complexity index is 865. The Balaban J connectivity index is 1.61. The zero-order valence-corrected chi connectivity index (χ0v) is 16.5. The minimum atomic E-state index is -0.319. The Morgan fingerprint density at radius 2 is 1.96 bits per heavy atom. The molecule has 3 rings (SSSR count). The number of benzene rings is 1. The molecule has 3 aromatic rings. The first-order valence-corrected chi connectivity index (χ1v) is 10.9. The van der Waals surface area contributed by atoms with Gasteiger partial charge < -0.3 is 5.32 Å². The van der Waals surface area contributed by atoms with Crippen molar-refractivity contribution in [1.82, 2.24) is 15.2 Å². The van der Waals surface area contributed by atoms with Gasteiger partial charge in [0.05, 0.1) is 10.9 Å². The fraction of sp³-hybridized carbons (Fsp3) is 0.200. The van der Waals surface area contributed by atoms with Crippen LogP contribution in [0.15, 0.2) is 38.3 Å². The molecule has 0 saturated heterocycles. The van der Waals surface area contributed by atoms with E-state index in [-0.39, 0.29) is 17.0 Å². The molecule has 5 nitrogen and oxygen atoms in total. The summed E-state index contributed by atoms with van der Waals surface area (Å²) in [4.78, 5) is 16.7. The number of thiazole rings is 1. The second-order valence-electron chi connectivity index (χ2n) is 4.83. The highest BCUT2D eigenvalue weighted by Gasteiger charge is 2.18. The first-order chi connectivity index (χ1) is 12.0. The van der Waals surface area contributed by atoms with Crippen molar-refractivity contribution in [2.75, 3.05) is 11.6 Å². The van der Waals surface area contributed by atoms with Crippen LogP contribution in [0.3, 0.4) is 0 Å². The summed E-state index contributed by atoms with van der Waals surface area (Å²) in [5, 5.41) is 12.9. The van der Waals surface area contributed by atoms with Crippen LogP contribution in [0.2, 0.25) is 0 Å². The second kappa shape index (κ2) is 8.26. The number of halogens is 1. The van der Waals surface area contributed by atoms with Crippen molar-refractivity contribution >= 4 is 57.2 Å². The number of hydrogen-bond donors (Lipinski definition) is 1. The van der Waals surface area contributed by atoms with Crippen molar-refractivity contribution in [2.45, 2.75) is 20.9 Å². The SMILES string of the molecule is CSc1nnc(SC(C)C(=O)Nc2nc(-c3ccc(F)cc3)cs2)s1. The van der Waals surface area contributed by atoms with E-state index in [1.54, 1.807) is 12.1 Å². The Morgan fingerprint density at radius 1 is 1.24 bits per heavy atom. The molecule has 1 unspecified atom stereocenters. The van der Waals surface area contributed by atoms with Gasteiger partial charge in [-0.25, -0.2) is 9.37 Å². The van der Waals surface area contributed by atoms with Gasteiger partial charge >= 0.3 is 0 Å². The third-order valence-corrected chi connectivity index (χ3v) is 6.92. The number of hydrogen-bond acceptors (Lipinski definition) is 8. The van der Waals surface area contributed by atoms with Gasteiger partial charge in [0, 0.05) is 10.9 Å². The molecule has 2 aromatic heterocycles. The molecular formula is C15H13FN4OS4. The van der Waals surface area contributed by atoms with Crippen molar-refractivity contribution in [2.24, 2.45) is 0 Å². The van der Waals surface area contributed by atoms with E-state index in [9.17, 15) is 9.18 Å². The highest BCUT2D eigenvalue weighted by Crippen LogP contribution is 2.31. The number of nitrogens with one attached hydrogen (secondary N) is 1. The molecule has 0 bridgehead atoms. The standard InChI is InChI=1S/C15H13FN4OS4/c1-8(24-15-20-19-14(22-2)25-15)12(21)18-13-17-11(7-23-13)9-3-5-10(16)6-4-9/h3-8H,1-2H3,(H,17,18,21). The van der Waals surface area contributed by atoms with Crippen LogP contribution in [0, 0.1) is 5.82 Å². The molecule has 1 atom stereocenters. The zero-order chi connectivity index (χ0) is 17.8. The molecule has 0 fully saturated rings. The number of aromatic nitrogens is 3. The van der Waals surface area contributed by atoms with Gasteiger partial charge in [0.2, 0.25) is 5.91 Å². The van der Waals surface area contributed by atoms with Gasteiger partial charge in [0.1, 0.15) is 5.82 Å². The van der Waals surface area contributed by atoms with Gasteiger partial charge in [-0.2, -0.15) is 0 Å². The number of amides is 1. The average molecular weight is 413 g/mol. The number of carbonyl (C=O) groups is 1. The Kier molecular flexibility index (Phi) is 6.05. The molecular weight excluding hydrogens is 399 g/mol. The molecule has 0 aliphatic carbocycles. The second-order valence-corrected chi connectivity index (χ2v) is 9.31. The molecule has 2 heterocycles. The third kappa shape index (κ3) is 4.78. The van der Waals surface area contributed by atoms with E-state index in [0.29, 0.717) is 10.8 Å². The van der Waals surface area contributed by atoms with Gasteiger partial charge in [-0.05, 0) is 37.4 Å². The minimum Gasteiger partial charge on any atom is -0.301 e. The number of thioether (sulfide) groups is 2. The molecule has 0 aliphatic heterocycles. The normalized spacial score (nSPS) is 12.1. The summed E-state index contributed by atoms with van der Waals surface area (Å²) in [7, 11) is 0. The van der Waals surface area contributed by atoms with Gasteiger partial charge in [0.25, 0.3) is 0 Å². The maximum absolute atomic E-state index is 13.0. The lowest BCUT2D eigenvalue weighted by atomic mass is 10.2. The number of carbonyl (C=O) groups excluding carboxylic acids is 1. The van der Waals surface area contributed by atoms with Gasteiger partial charge in [-0.3, -0.25) is 4.79 Å². The molecule has 10 heteroatoms. The predicted octanol–water partition coefficient (Wildman–Crippen LogP) is 4.64. The van der Waals surface area contributed by atoms with Crippen LogP contribution in [-0.4, -0.2) is 32.6 Å². The molecule has 0 radical (unpaired) electrons. The van der Waals surface area contributed by atoms with Crippen molar-refractivity contribution in [3.8, 4) is 11.3 Å². The highest BCUT2D eigenvalue weighted by molar-refractivity contribution is 8.03. The van der Waals surface area contributed by atoms with E-state index < -0.39 is 0 Å². The maximum atomic E-state index is 13.0. The van der Waals surface area contributed by atoms with E-state index in [1.807, 2.05) is 18.6 Å². The summed E-state index contributed by atoms with van der Waals surface area (Å²) >= 11 is 5.70. The molecule has 130 valence electrons. The minimum absolute atomic E-state index is 0.147. The van der Waals surface area contributed by atoms with Crippen LogP contribution in [0.4, 0.5) is 9.52 Å². The summed E-state index contributed by atoms with van der Waals surface area (Å²) in [5.41, 5.74) is 1.51. The van der Waals surface area contributed by atoms with Gasteiger partial charge in [-0.1, -0.05) is 34.9 Å². The highest BCUT2D eigenvalue weighted by atomic mass is 32.2. The van der Waals surface area contributed by atoms with E-state index >= 15 is 0 Å². The van der Waals surface area contributed by atoms with Crippen LogP contribution in [0.1, 0.15) is 6.92 Å². The summed E-state index contributed by atoms with van der Waals surface area (Å²) in [5.74, 6) is -0.439. The Hall–Kier alpha value is -1.49. The molecule has 25 heavy (non-hydrogen) atoms. The lowest BCUT2D eigenvalue weighted by molar-refractivity contribution is -0.115. The summed E-state index contributed by atoms with van der Waals surface area (Å²) in [6.45, 7) is 1.81. The lowest BCUT2D eigenvalue weighted by Crippen LogP contribution is -2.22. The molecule has 1 aromatic carbocycles. The average Bonchev–Trinajstić information content (AvgIpc) is 3.25. The van der Waals surface area contributed by atoms with E-state index in [1.165, 1.54) is 58.3 Å². The summed E-state index contributed by atoms with van der Waals surface area (Å²) in [6, 6.07) is 6.09. The first-order valence-electron chi connectivity index (χ1n) is 7.11. The fourth-order valence-corrected chi connectivity index (χ4v) is 5.13. The van der Waals surface area contributed by atoms with Crippen LogP contribution in [0.5, 0.6) is 0 Å². The van der Waals surface area contributed by atoms with Crippen molar-refractivity contribution in [1.29, 1.82) is 0 Å². The quantitative estimate of drug-likeness (QED) is 0.595. The van der Waals surface area contributed by atoms with Crippen molar-refractivity contribution in [3.63, 3.8) is 0 Å². The lowest BCUT2D eigenvalue weighted by Gasteiger charge is -2.07. The third-order valence-electron chi connectivity index (χ3n) is 3.08. The summed E-state index contributed by atoms with van der Waals surface area (Å²) < 4.78 is 14.6. The number of rotatable bonds is 6. The van der Waals surface area contributed by atoms with E-state index in [4.69, 9.17) is 0 Å². The molecule has 1 amide bonds. The molecule has 0 aliphatic rings. The Labute approximate surface area is 160 Å². The molecule has 1 N–H and O–H groups in total. The largest absolute Gasteiger partial charge is 0.301 e. The smallest absolute Gasteiger partial charge is 0.239 e. The van der Waals surface area contributed by atoms with E-state index in [0.717, 1.165) is 14.2 Å². The van der Waals surface area contributed by atoms with Crippen LogP contribution in [0.25, 0.3) is 11.3 Å².